The van der Waals surface area contributed by atoms with Gasteiger partial charge >= 0.3 is 0 Å². The molecule has 3 rings (SSSR count). The van der Waals surface area contributed by atoms with Crippen molar-refractivity contribution in [3.8, 4) is 0 Å². The van der Waals surface area contributed by atoms with Crippen LogP contribution in [-0.2, 0) is 11.2 Å². The number of carbonyl (C=O) groups excluding carboxylic acids is 1. The van der Waals surface area contributed by atoms with Crippen LogP contribution in [0, 0.1) is 5.92 Å². The molecule has 1 aromatic heterocycles. The van der Waals surface area contributed by atoms with Crippen LogP contribution in [0.15, 0.2) is 35.5 Å². The number of benzene rings is 1. The smallest absolute Gasteiger partial charge is 0.230 e. The Balaban J connectivity index is 1.45. The molecule has 6 nitrogen and oxygen atoms in total. The van der Waals surface area contributed by atoms with Gasteiger partial charge in [-0.05, 0) is 24.8 Å². The molecule has 1 aliphatic carbocycles. The predicted molar refractivity (Wildman–Crippen MR) is 109 cm³/mol. The third kappa shape index (κ3) is 5.73. The van der Waals surface area contributed by atoms with E-state index in [1.54, 1.807) is 4.68 Å². The second-order valence-corrected chi connectivity index (χ2v) is 8.24. The predicted octanol–water partition coefficient (Wildman–Crippen LogP) is 3.47. The molecule has 1 atom stereocenters. The Morgan fingerprint density at radius 1 is 1.26 bits per heavy atom. The maximum Gasteiger partial charge on any atom is 0.230 e. The summed E-state index contributed by atoms with van der Waals surface area (Å²) in [6, 6.07) is 9.90. The van der Waals surface area contributed by atoms with Crippen LogP contribution in [-0.4, -0.2) is 26.5 Å². The van der Waals surface area contributed by atoms with Gasteiger partial charge < -0.3 is 11.2 Å². The van der Waals surface area contributed by atoms with Gasteiger partial charge in [0.25, 0.3) is 0 Å². The lowest BCUT2D eigenvalue weighted by Crippen LogP contribution is -2.28. The van der Waals surface area contributed by atoms with E-state index in [4.69, 9.17) is 5.84 Å². The first-order valence-corrected chi connectivity index (χ1v) is 10.8. The van der Waals surface area contributed by atoms with Crippen molar-refractivity contribution in [2.75, 3.05) is 11.6 Å². The topological polar surface area (TPSA) is 85.8 Å². The fourth-order valence-electron chi connectivity index (χ4n) is 3.62. The molecule has 3 N–H and O–H groups in total. The molecule has 1 aromatic carbocycles. The standard InChI is InChI=1S/C20H29N5OS/c1-15(17-10-6-3-7-11-17)22-19(26)14-27-20-24-23-18(25(20)21)13-12-16-8-4-2-5-9-16/h3,6-7,10-11,15-16H,2,4-5,8-9,12-14,21H2,1H3,(H,22,26)/t15-/m1/s1. The molecule has 0 saturated heterocycles. The number of carbonyl (C=O) groups is 1. The van der Waals surface area contributed by atoms with Gasteiger partial charge in [-0.1, -0.05) is 74.2 Å². The normalized spacial score (nSPS) is 16.2. The van der Waals surface area contributed by atoms with Gasteiger partial charge in [0.05, 0.1) is 11.8 Å². The quantitative estimate of drug-likeness (QED) is 0.535. The third-order valence-corrected chi connectivity index (χ3v) is 6.19. The molecule has 0 bridgehead atoms. The summed E-state index contributed by atoms with van der Waals surface area (Å²) in [7, 11) is 0. The van der Waals surface area contributed by atoms with Crippen LogP contribution in [0.2, 0.25) is 0 Å². The lowest BCUT2D eigenvalue weighted by Gasteiger charge is -2.20. The van der Waals surface area contributed by atoms with E-state index in [1.165, 1.54) is 43.9 Å². The molecule has 0 radical (unpaired) electrons. The molecule has 1 saturated carbocycles. The Hall–Kier alpha value is -2.02. The number of aryl methyl sites for hydroxylation is 1. The summed E-state index contributed by atoms with van der Waals surface area (Å²) in [5.74, 6) is 7.97. The minimum Gasteiger partial charge on any atom is -0.349 e. The number of aromatic nitrogens is 3. The van der Waals surface area contributed by atoms with Crippen LogP contribution in [0.5, 0.6) is 0 Å². The minimum atomic E-state index is -0.0388. The average molecular weight is 388 g/mol. The summed E-state index contributed by atoms with van der Waals surface area (Å²) in [5, 5.41) is 12.0. The lowest BCUT2D eigenvalue weighted by molar-refractivity contribution is -0.119. The van der Waals surface area contributed by atoms with E-state index in [9.17, 15) is 4.79 Å². The summed E-state index contributed by atoms with van der Waals surface area (Å²) in [5.41, 5.74) is 1.09. The van der Waals surface area contributed by atoms with Gasteiger partial charge in [0.2, 0.25) is 11.1 Å². The average Bonchev–Trinajstić information content (AvgIpc) is 3.06. The Morgan fingerprint density at radius 2 is 2.00 bits per heavy atom. The molecular formula is C20H29N5OS. The summed E-state index contributed by atoms with van der Waals surface area (Å²) >= 11 is 1.33. The molecule has 1 fully saturated rings. The van der Waals surface area contributed by atoms with Crippen molar-refractivity contribution in [2.45, 2.75) is 63.1 Å². The van der Waals surface area contributed by atoms with Crippen LogP contribution in [0.25, 0.3) is 0 Å². The van der Waals surface area contributed by atoms with Gasteiger partial charge in [-0.25, -0.2) is 4.68 Å². The van der Waals surface area contributed by atoms with Crippen LogP contribution in [0.4, 0.5) is 0 Å². The summed E-state index contributed by atoms with van der Waals surface area (Å²) in [6.07, 6.45) is 8.67. The van der Waals surface area contributed by atoms with E-state index in [0.29, 0.717) is 5.16 Å². The molecule has 0 unspecified atom stereocenters. The SMILES string of the molecule is C[C@@H](NC(=O)CSc1nnc(CCC2CCCCC2)n1N)c1ccccc1. The summed E-state index contributed by atoms with van der Waals surface area (Å²) < 4.78 is 1.54. The second-order valence-electron chi connectivity index (χ2n) is 7.30. The Kier molecular flexibility index (Phi) is 7.15. The zero-order chi connectivity index (χ0) is 19.1. The number of nitrogens with zero attached hydrogens (tertiary/aromatic N) is 3. The first-order valence-electron chi connectivity index (χ1n) is 9.80. The van der Waals surface area contributed by atoms with Crippen molar-refractivity contribution >= 4 is 17.7 Å². The number of nitrogen functional groups attached to an aromatic ring is 1. The largest absolute Gasteiger partial charge is 0.349 e. The van der Waals surface area contributed by atoms with E-state index in [-0.39, 0.29) is 17.7 Å². The van der Waals surface area contributed by atoms with Crippen molar-refractivity contribution < 1.29 is 4.79 Å². The second kappa shape index (κ2) is 9.78. The van der Waals surface area contributed by atoms with Gasteiger partial charge in [-0.2, -0.15) is 0 Å². The summed E-state index contributed by atoms with van der Waals surface area (Å²) in [6.45, 7) is 1.98. The molecule has 27 heavy (non-hydrogen) atoms. The number of nitrogens with one attached hydrogen (secondary N) is 1. The molecule has 1 aliphatic rings. The highest BCUT2D eigenvalue weighted by molar-refractivity contribution is 7.99. The Labute approximate surface area is 165 Å². The van der Waals surface area contributed by atoms with Gasteiger partial charge in [-0.3, -0.25) is 4.79 Å². The molecular weight excluding hydrogens is 358 g/mol. The van der Waals surface area contributed by atoms with Crippen LogP contribution >= 0.6 is 11.8 Å². The molecule has 146 valence electrons. The number of rotatable bonds is 8. The molecule has 0 spiro atoms. The number of nitrogens with two attached hydrogens (primary N) is 1. The van der Waals surface area contributed by atoms with E-state index in [1.807, 2.05) is 37.3 Å². The van der Waals surface area contributed by atoms with Gasteiger partial charge in [0.1, 0.15) is 0 Å². The van der Waals surface area contributed by atoms with Crippen molar-refractivity contribution in [1.82, 2.24) is 20.2 Å². The van der Waals surface area contributed by atoms with E-state index in [0.717, 1.165) is 30.1 Å². The van der Waals surface area contributed by atoms with Gasteiger partial charge in [0, 0.05) is 6.42 Å². The maximum atomic E-state index is 12.2. The number of thioether (sulfide) groups is 1. The monoisotopic (exact) mass is 387 g/mol. The van der Waals surface area contributed by atoms with Gasteiger partial charge in [-0.15, -0.1) is 10.2 Å². The van der Waals surface area contributed by atoms with Crippen molar-refractivity contribution in [1.29, 1.82) is 0 Å². The van der Waals surface area contributed by atoms with Crippen molar-refractivity contribution in [3.05, 3.63) is 41.7 Å². The van der Waals surface area contributed by atoms with Crippen LogP contribution in [0.3, 0.4) is 0 Å². The van der Waals surface area contributed by atoms with Crippen LogP contribution < -0.4 is 11.2 Å². The van der Waals surface area contributed by atoms with Gasteiger partial charge in [0.15, 0.2) is 5.82 Å². The Morgan fingerprint density at radius 3 is 2.74 bits per heavy atom. The number of amides is 1. The summed E-state index contributed by atoms with van der Waals surface area (Å²) in [4.78, 5) is 12.2. The minimum absolute atomic E-state index is 0.0268. The van der Waals surface area contributed by atoms with E-state index >= 15 is 0 Å². The molecule has 7 heteroatoms. The Bertz CT molecular complexity index is 727. The fourth-order valence-corrected chi connectivity index (χ4v) is 4.31. The number of hydrogen-bond donors (Lipinski definition) is 2. The zero-order valence-electron chi connectivity index (χ0n) is 15.9. The molecule has 1 amide bonds. The highest BCUT2D eigenvalue weighted by Crippen LogP contribution is 2.27. The maximum absolute atomic E-state index is 12.2. The van der Waals surface area contributed by atoms with E-state index in [2.05, 4.69) is 15.5 Å². The first-order chi connectivity index (χ1) is 13.1. The highest BCUT2D eigenvalue weighted by atomic mass is 32.2. The fraction of sp³-hybridized carbons (Fsp3) is 0.550. The van der Waals surface area contributed by atoms with Crippen molar-refractivity contribution in [3.63, 3.8) is 0 Å². The molecule has 1 heterocycles. The molecule has 0 aliphatic heterocycles. The van der Waals surface area contributed by atoms with Crippen LogP contribution in [0.1, 0.15) is 62.9 Å². The third-order valence-electron chi connectivity index (χ3n) is 5.25. The highest BCUT2D eigenvalue weighted by Gasteiger charge is 2.17. The molecule has 2 aromatic rings. The van der Waals surface area contributed by atoms with E-state index < -0.39 is 0 Å². The lowest BCUT2D eigenvalue weighted by atomic mass is 9.86. The van der Waals surface area contributed by atoms with Crippen molar-refractivity contribution in [2.24, 2.45) is 5.92 Å². The number of hydrogen-bond acceptors (Lipinski definition) is 5. The zero-order valence-corrected chi connectivity index (χ0v) is 16.8. The first kappa shape index (κ1) is 19.7.